The van der Waals surface area contributed by atoms with E-state index in [-0.39, 0.29) is 5.78 Å². The van der Waals surface area contributed by atoms with E-state index in [9.17, 15) is 4.79 Å². The van der Waals surface area contributed by atoms with Crippen molar-refractivity contribution in [2.45, 2.75) is 26.7 Å². The van der Waals surface area contributed by atoms with Gasteiger partial charge in [0.2, 0.25) is 0 Å². The average Bonchev–Trinajstić information content (AvgIpc) is 2.02. The summed E-state index contributed by atoms with van der Waals surface area (Å²) in [5.41, 5.74) is 1.85. The molecule has 3 heteroatoms. The van der Waals surface area contributed by atoms with E-state index >= 15 is 0 Å². The van der Waals surface area contributed by atoms with Crippen molar-refractivity contribution in [2.24, 2.45) is 0 Å². The van der Waals surface area contributed by atoms with Gasteiger partial charge < -0.3 is 4.79 Å². The molecule has 0 amide bonds. The third kappa shape index (κ3) is 3.15. The highest BCUT2D eigenvalue weighted by Gasteiger charge is 2.02. The highest BCUT2D eigenvalue weighted by atomic mass is 35.5. The molecule has 1 aromatic rings. The Balaban J connectivity index is 2.72. The number of nitrogens with zero attached hydrogens (tertiary/aromatic N) is 1. The Kier molecular flexibility index (Phi) is 3.43. The number of carbonyl (C=O) groups is 1. The van der Waals surface area contributed by atoms with Gasteiger partial charge in [0.25, 0.3) is 0 Å². The van der Waals surface area contributed by atoms with E-state index in [4.69, 9.17) is 11.6 Å². The minimum absolute atomic E-state index is 0.177. The monoisotopic (exact) mass is 197 g/mol. The smallest absolute Gasteiger partial charge is 0.132 e. The molecule has 0 saturated heterocycles. The SMILES string of the molecule is CC(=O)CCc1ccc(C)nc1Cl. The molecule has 0 aliphatic rings. The van der Waals surface area contributed by atoms with E-state index in [2.05, 4.69) is 4.98 Å². The second-order valence-electron chi connectivity index (χ2n) is 3.10. The van der Waals surface area contributed by atoms with Gasteiger partial charge in [-0.25, -0.2) is 4.98 Å². The number of halogens is 1. The first-order chi connectivity index (χ1) is 6.09. The van der Waals surface area contributed by atoms with E-state index in [1.807, 2.05) is 19.1 Å². The van der Waals surface area contributed by atoms with Gasteiger partial charge in [-0.3, -0.25) is 0 Å². The molecule has 0 aliphatic heterocycles. The maximum atomic E-state index is 10.7. The standard InChI is InChI=1S/C10H12ClNO/c1-7-3-5-9(10(11)12-7)6-4-8(2)13/h3,5H,4,6H2,1-2H3. The fourth-order valence-electron chi connectivity index (χ4n) is 1.05. The molecule has 0 atom stereocenters. The molecule has 0 saturated carbocycles. The van der Waals surface area contributed by atoms with Crippen molar-refractivity contribution in [2.75, 3.05) is 0 Å². The van der Waals surface area contributed by atoms with Crippen LogP contribution in [0.3, 0.4) is 0 Å². The number of hydrogen-bond acceptors (Lipinski definition) is 2. The van der Waals surface area contributed by atoms with Crippen LogP contribution in [-0.2, 0) is 11.2 Å². The fraction of sp³-hybridized carbons (Fsp3) is 0.400. The molecule has 0 N–H and O–H groups in total. The first-order valence-electron chi connectivity index (χ1n) is 4.21. The molecule has 0 spiro atoms. The molecule has 0 radical (unpaired) electrons. The fourth-order valence-corrected chi connectivity index (χ4v) is 1.34. The predicted octanol–water partition coefficient (Wildman–Crippen LogP) is 2.57. The number of aromatic nitrogens is 1. The van der Waals surface area contributed by atoms with Crippen LogP contribution in [0.1, 0.15) is 24.6 Å². The van der Waals surface area contributed by atoms with Gasteiger partial charge >= 0.3 is 0 Å². The molecule has 70 valence electrons. The van der Waals surface area contributed by atoms with Gasteiger partial charge in [0.05, 0.1) is 0 Å². The van der Waals surface area contributed by atoms with Gasteiger partial charge in [-0.15, -0.1) is 0 Å². The maximum absolute atomic E-state index is 10.7. The summed E-state index contributed by atoms with van der Waals surface area (Å²) in [6.07, 6.45) is 1.21. The molecule has 0 aromatic carbocycles. The lowest BCUT2D eigenvalue weighted by atomic mass is 10.1. The van der Waals surface area contributed by atoms with Crippen molar-refractivity contribution < 1.29 is 4.79 Å². The van der Waals surface area contributed by atoms with Crippen molar-refractivity contribution in [3.63, 3.8) is 0 Å². The summed E-state index contributed by atoms with van der Waals surface area (Å²) in [5.74, 6) is 0.177. The molecule has 0 fully saturated rings. The molecule has 1 aromatic heterocycles. The van der Waals surface area contributed by atoms with Crippen molar-refractivity contribution >= 4 is 17.4 Å². The lowest BCUT2D eigenvalue weighted by Gasteiger charge is -2.02. The average molecular weight is 198 g/mol. The summed E-state index contributed by atoms with van der Waals surface area (Å²) < 4.78 is 0. The van der Waals surface area contributed by atoms with Crippen LogP contribution in [0.2, 0.25) is 5.15 Å². The number of carbonyl (C=O) groups excluding carboxylic acids is 1. The van der Waals surface area contributed by atoms with Crippen molar-refractivity contribution in [3.8, 4) is 0 Å². The Morgan fingerprint density at radius 2 is 2.23 bits per heavy atom. The second-order valence-corrected chi connectivity index (χ2v) is 3.46. The summed E-state index contributed by atoms with van der Waals surface area (Å²) in [4.78, 5) is 14.8. The van der Waals surface area contributed by atoms with Gasteiger partial charge in [-0.2, -0.15) is 0 Å². The van der Waals surface area contributed by atoms with Crippen molar-refractivity contribution in [1.82, 2.24) is 4.98 Å². The van der Waals surface area contributed by atoms with Gasteiger partial charge in [0.15, 0.2) is 0 Å². The van der Waals surface area contributed by atoms with Crippen molar-refractivity contribution in [3.05, 3.63) is 28.5 Å². The molecular formula is C10H12ClNO. The minimum Gasteiger partial charge on any atom is -0.300 e. The predicted molar refractivity (Wildman–Crippen MR) is 53.0 cm³/mol. The third-order valence-corrected chi connectivity index (χ3v) is 2.14. The van der Waals surface area contributed by atoms with E-state index in [0.717, 1.165) is 11.3 Å². The number of aryl methyl sites for hydroxylation is 2. The Labute approximate surface area is 82.9 Å². The van der Waals surface area contributed by atoms with Crippen LogP contribution >= 0.6 is 11.6 Å². The number of rotatable bonds is 3. The van der Waals surface area contributed by atoms with Crippen LogP contribution in [0.5, 0.6) is 0 Å². The normalized spacial score (nSPS) is 10.1. The number of ketones is 1. The molecule has 1 rings (SSSR count). The summed E-state index contributed by atoms with van der Waals surface area (Å²) in [6, 6.07) is 3.83. The van der Waals surface area contributed by atoms with Crippen molar-refractivity contribution in [1.29, 1.82) is 0 Å². The Morgan fingerprint density at radius 3 is 2.77 bits per heavy atom. The third-order valence-electron chi connectivity index (χ3n) is 1.81. The van der Waals surface area contributed by atoms with Crippen LogP contribution in [0.25, 0.3) is 0 Å². The largest absolute Gasteiger partial charge is 0.300 e. The molecule has 0 bridgehead atoms. The van der Waals surface area contributed by atoms with Gasteiger partial charge in [-0.1, -0.05) is 17.7 Å². The number of hydrogen-bond donors (Lipinski definition) is 0. The van der Waals surface area contributed by atoms with Crippen LogP contribution in [0, 0.1) is 6.92 Å². The maximum Gasteiger partial charge on any atom is 0.132 e. The highest BCUT2D eigenvalue weighted by molar-refractivity contribution is 6.30. The Hall–Kier alpha value is -0.890. The zero-order valence-corrected chi connectivity index (χ0v) is 8.56. The first-order valence-corrected chi connectivity index (χ1v) is 4.59. The van der Waals surface area contributed by atoms with Crippen LogP contribution in [0.4, 0.5) is 0 Å². The molecular weight excluding hydrogens is 186 g/mol. The summed E-state index contributed by atoms with van der Waals surface area (Å²) >= 11 is 5.89. The zero-order chi connectivity index (χ0) is 9.84. The van der Waals surface area contributed by atoms with E-state index < -0.39 is 0 Å². The zero-order valence-electron chi connectivity index (χ0n) is 7.80. The highest BCUT2D eigenvalue weighted by Crippen LogP contribution is 2.15. The van der Waals surface area contributed by atoms with E-state index in [1.165, 1.54) is 0 Å². The summed E-state index contributed by atoms with van der Waals surface area (Å²) in [7, 11) is 0. The van der Waals surface area contributed by atoms with Crippen LogP contribution in [0.15, 0.2) is 12.1 Å². The van der Waals surface area contributed by atoms with Gasteiger partial charge in [-0.05, 0) is 31.9 Å². The number of pyridine rings is 1. The lowest BCUT2D eigenvalue weighted by molar-refractivity contribution is -0.116. The van der Waals surface area contributed by atoms with E-state index in [1.54, 1.807) is 6.92 Å². The molecule has 0 aliphatic carbocycles. The van der Waals surface area contributed by atoms with Gasteiger partial charge in [0.1, 0.15) is 10.9 Å². The van der Waals surface area contributed by atoms with Crippen LogP contribution in [-0.4, -0.2) is 10.8 Å². The topological polar surface area (TPSA) is 30.0 Å². The quantitative estimate of drug-likeness (QED) is 0.698. The lowest BCUT2D eigenvalue weighted by Crippen LogP contribution is -1.96. The van der Waals surface area contributed by atoms with E-state index in [0.29, 0.717) is 18.0 Å². The molecule has 0 unspecified atom stereocenters. The Morgan fingerprint density at radius 1 is 1.54 bits per heavy atom. The summed E-state index contributed by atoms with van der Waals surface area (Å²) in [5, 5.41) is 0.515. The minimum atomic E-state index is 0.177. The Bertz CT molecular complexity index is 323. The molecule has 1 heterocycles. The second kappa shape index (κ2) is 4.38. The molecule has 2 nitrogen and oxygen atoms in total. The van der Waals surface area contributed by atoms with Gasteiger partial charge in [0, 0.05) is 12.1 Å². The number of Topliss-reactive ketones (excluding diaryl/α,β-unsaturated/α-hetero) is 1. The first kappa shape index (κ1) is 10.2. The molecule has 13 heavy (non-hydrogen) atoms. The van der Waals surface area contributed by atoms with Crippen LogP contribution < -0.4 is 0 Å². The summed E-state index contributed by atoms with van der Waals surface area (Å²) in [6.45, 7) is 3.47.